The van der Waals surface area contributed by atoms with Crippen molar-refractivity contribution in [3.05, 3.63) is 40.9 Å². The molecular weight excluding hydrogens is 302 g/mol. The molecule has 0 bridgehead atoms. The van der Waals surface area contributed by atoms with Crippen molar-refractivity contribution in [2.75, 3.05) is 32.6 Å². The molecule has 0 unspecified atom stereocenters. The van der Waals surface area contributed by atoms with Crippen molar-refractivity contribution in [2.45, 2.75) is 13.5 Å². The van der Waals surface area contributed by atoms with Gasteiger partial charge in [-0.25, -0.2) is 15.0 Å². The molecule has 0 fully saturated rings. The minimum Gasteiger partial charge on any atom is -0.476 e. The summed E-state index contributed by atoms with van der Waals surface area (Å²) in [5.41, 5.74) is 1.06. The molecule has 0 atom stereocenters. The van der Waals surface area contributed by atoms with Gasteiger partial charge >= 0.3 is 0 Å². The summed E-state index contributed by atoms with van der Waals surface area (Å²) < 4.78 is 5.62. The first kappa shape index (κ1) is 16.5. The quantitative estimate of drug-likeness (QED) is 0.790. The molecular formula is C15H20ClN5O. The topological polar surface area (TPSA) is 63.2 Å². The third-order valence-corrected chi connectivity index (χ3v) is 3.06. The number of rotatable bonds is 7. The summed E-state index contributed by atoms with van der Waals surface area (Å²) in [4.78, 5) is 14.6. The number of nitrogens with zero attached hydrogens (tertiary/aromatic N) is 4. The number of halogens is 1. The van der Waals surface area contributed by atoms with Crippen LogP contribution in [0.4, 0.5) is 5.82 Å². The van der Waals surface area contributed by atoms with Gasteiger partial charge in [0.15, 0.2) is 0 Å². The number of anilines is 1. The maximum atomic E-state index is 5.91. The molecule has 2 rings (SSSR count). The van der Waals surface area contributed by atoms with Crippen LogP contribution < -0.4 is 10.1 Å². The molecule has 0 amide bonds. The first-order chi connectivity index (χ1) is 10.5. The van der Waals surface area contributed by atoms with Crippen molar-refractivity contribution < 1.29 is 4.74 Å². The molecule has 0 radical (unpaired) electrons. The maximum Gasteiger partial charge on any atom is 0.213 e. The van der Waals surface area contributed by atoms with Crippen LogP contribution in [-0.4, -0.2) is 47.1 Å². The highest BCUT2D eigenvalue weighted by atomic mass is 35.5. The third kappa shape index (κ3) is 5.46. The molecule has 2 aromatic rings. The summed E-state index contributed by atoms with van der Waals surface area (Å²) in [5.74, 6) is 1.96. The molecule has 0 aliphatic rings. The number of hydrogen-bond donors (Lipinski definition) is 1. The van der Waals surface area contributed by atoms with Crippen LogP contribution in [0.1, 0.15) is 11.4 Å². The zero-order chi connectivity index (χ0) is 15.9. The normalized spacial score (nSPS) is 10.8. The van der Waals surface area contributed by atoms with Gasteiger partial charge in [0, 0.05) is 31.4 Å². The Morgan fingerprint density at radius 2 is 2.09 bits per heavy atom. The number of aryl methyl sites for hydroxylation is 1. The molecule has 7 heteroatoms. The van der Waals surface area contributed by atoms with E-state index in [1.54, 1.807) is 19.2 Å². The average molecular weight is 322 g/mol. The van der Waals surface area contributed by atoms with Crippen molar-refractivity contribution in [3.8, 4) is 5.88 Å². The SMILES string of the molecule is Cc1nc(Cl)cc(NCc2ccnc(OCCN(C)C)c2)n1. The first-order valence-electron chi connectivity index (χ1n) is 7.00. The van der Waals surface area contributed by atoms with E-state index < -0.39 is 0 Å². The monoisotopic (exact) mass is 321 g/mol. The first-order valence-corrected chi connectivity index (χ1v) is 7.38. The van der Waals surface area contributed by atoms with E-state index in [1.165, 1.54) is 0 Å². The van der Waals surface area contributed by atoms with Crippen LogP contribution >= 0.6 is 11.6 Å². The van der Waals surface area contributed by atoms with E-state index in [4.69, 9.17) is 16.3 Å². The molecule has 22 heavy (non-hydrogen) atoms. The molecule has 0 saturated heterocycles. The molecule has 0 aliphatic carbocycles. The standard InChI is InChI=1S/C15H20ClN5O/c1-11-19-13(16)9-14(20-11)18-10-12-4-5-17-15(8-12)22-7-6-21(2)3/h4-5,8-9H,6-7,10H2,1-3H3,(H,18,19,20). The highest BCUT2D eigenvalue weighted by Crippen LogP contribution is 2.14. The van der Waals surface area contributed by atoms with Gasteiger partial charge in [0.2, 0.25) is 5.88 Å². The van der Waals surface area contributed by atoms with Crippen molar-refractivity contribution in [1.29, 1.82) is 0 Å². The van der Waals surface area contributed by atoms with E-state index in [-0.39, 0.29) is 0 Å². The summed E-state index contributed by atoms with van der Waals surface area (Å²) in [6, 6.07) is 5.55. The second kappa shape index (κ2) is 7.91. The van der Waals surface area contributed by atoms with Gasteiger partial charge in [-0.3, -0.25) is 0 Å². The van der Waals surface area contributed by atoms with Crippen molar-refractivity contribution in [2.24, 2.45) is 0 Å². The summed E-state index contributed by atoms with van der Waals surface area (Å²) in [5, 5.41) is 3.65. The van der Waals surface area contributed by atoms with Crippen molar-refractivity contribution in [1.82, 2.24) is 19.9 Å². The highest BCUT2D eigenvalue weighted by Gasteiger charge is 2.02. The molecule has 6 nitrogen and oxygen atoms in total. The van der Waals surface area contributed by atoms with Crippen LogP contribution in [0.5, 0.6) is 5.88 Å². The third-order valence-electron chi connectivity index (χ3n) is 2.87. The highest BCUT2D eigenvalue weighted by molar-refractivity contribution is 6.29. The molecule has 2 aromatic heterocycles. The molecule has 1 N–H and O–H groups in total. The number of aromatic nitrogens is 3. The summed E-state index contributed by atoms with van der Waals surface area (Å²) in [6.07, 6.45) is 1.74. The number of pyridine rings is 1. The number of ether oxygens (including phenoxy) is 1. The Kier molecular flexibility index (Phi) is 5.91. The lowest BCUT2D eigenvalue weighted by molar-refractivity contribution is 0.253. The number of hydrogen-bond acceptors (Lipinski definition) is 6. The lowest BCUT2D eigenvalue weighted by Gasteiger charge is -2.11. The molecule has 0 saturated carbocycles. The summed E-state index contributed by atoms with van der Waals surface area (Å²) in [6.45, 7) is 3.87. The van der Waals surface area contributed by atoms with Gasteiger partial charge in [0.25, 0.3) is 0 Å². The second-order valence-electron chi connectivity index (χ2n) is 5.13. The van der Waals surface area contributed by atoms with Crippen LogP contribution in [-0.2, 0) is 6.54 Å². The van der Waals surface area contributed by atoms with Gasteiger partial charge in [0.1, 0.15) is 23.4 Å². The van der Waals surface area contributed by atoms with Gasteiger partial charge in [-0.05, 0) is 32.6 Å². The Labute approximate surface area is 135 Å². The van der Waals surface area contributed by atoms with Crippen molar-refractivity contribution in [3.63, 3.8) is 0 Å². The van der Waals surface area contributed by atoms with E-state index in [2.05, 4.69) is 25.2 Å². The fraction of sp³-hybridized carbons (Fsp3) is 0.400. The molecule has 0 spiro atoms. The maximum absolute atomic E-state index is 5.91. The largest absolute Gasteiger partial charge is 0.476 e. The summed E-state index contributed by atoms with van der Waals surface area (Å²) in [7, 11) is 4.01. The zero-order valence-electron chi connectivity index (χ0n) is 13.0. The van der Waals surface area contributed by atoms with Crippen LogP contribution in [0.15, 0.2) is 24.4 Å². The van der Waals surface area contributed by atoms with E-state index in [0.29, 0.717) is 35.8 Å². The zero-order valence-corrected chi connectivity index (χ0v) is 13.8. The Balaban J connectivity index is 1.92. The van der Waals surface area contributed by atoms with E-state index in [1.807, 2.05) is 26.2 Å². The number of likely N-dealkylation sites (N-methyl/N-ethyl adjacent to an activating group) is 1. The fourth-order valence-electron chi connectivity index (χ4n) is 1.79. The van der Waals surface area contributed by atoms with Crippen molar-refractivity contribution >= 4 is 17.4 Å². The lowest BCUT2D eigenvalue weighted by atomic mass is 10.2. The lowest BCUT2D eigenvalue weighted by Crippen LogP contribution is -2.19. The Morgan fingerprint density at radius 1 is 1.27 bits per heavy atom. The molecule has 2 heterocycles. The minimum atomic E-state index is 0.428. The van der Waals surface area contributed by atoms with Gasteiger partial charge in [0.05, 0.1) is 0 Å². The second-order valence-corrected chi connectivity index (χ2v) is 5.52. The Morgan fingerprint density at radius 3 is 2.82 bits per heavy atom. The van der Waals surface area contributed by atoms with Gasteiger partial charge in [-0.15, -0.1) is 0 Å². The molecule has 0 aromatic carbocycles. The smallest absolute Gasteiger partial charge is 0.213 e. The van der Waals surface area contributed by atoms with E-state index in [9.17, 15) is 0 Å². The van der Waals surface area contributed by atoms with Crippen LogP contribution in [0.2, 0.25) is 5.15 Å². The minimum absolute atomic E-state index is 0.428. The van der Waals surface area contributed by atoms with Crippen LogP contribution in [0.25, 0.3) is 0 Å². The van der Waals surface area contributed by atoms with Crippen LogP contribution in [0.3, 0.4) is 0 Å². The van der Waals surface area contributed by atoms with Crippen LogP contribution in [0, 0.1) is 6.92 Å². The predicted molar refractivity (Wildman–Crippen MR) is 87.4 cm³/mol. The Hall–Kier alpha value is -1.92. The number of nitrogens with one attached hydrogen (secondary N) is 1. The molecule has 0 aliphatic heterocycles. The van der Waals surface area contributed by atoms with Gasteiger partial charge in [-0.1, -0.05) is 11.6 Å². The summed E-state index contributed by atoms with van der Waals surface area (Å²) >= 11 is 5.91. The van der Waals surface area contributed by atoms with E-state index >= 15 is 0 Å². The average Bonchev–Trinajstić information content (AvgIpc) is 2.44. The fourth-order valence-corrected chi connectivity index (χ4v) is 2.01. The van der Waals surface area contributed by atoms with Gasteiger partial charge in [-0.2, -0.15) is 0 Å². The predicted octanol–water partition coefficient (Wildman–Crippen LogP) is 2.39. The van der Waals surface area contributed by atoms with E-state index in [0.717, 1.165) is 12.1 Å². The van der Waals surface area contributed by atoms with Gasteiger partial charge < -0.3 is 15.0 Å². The molecule has 118 valence electrons. The Bertz CT molecular complexity index is 600.